The van der Waals surface area contributed by atoms with Crippen LogP contribution in [0.2, 0.25) is 0 Å². The molecule has 3 aromatic carbocycles. The summed E-state index contributed by atoms with van der Waals surface area (Å²) in [5.74, 6) is 0. The lowest BCUT2D eigenvalue weighted by Crippen LogP contribution is -2.37. The molecule has 0 bridgehead atoms. The van der Waals surface area contributed by atoms with E-state index in [2.05, 4.69) is 41.4 Å². The van der Waals surface area contributed by atoms with E-state index in [1.54, 1.807) is 26.4 Å². The van der Waals surface area contributed by atoms with E-state index in [1.165, 1.54) is 0 Å². The summed E-state index contributed by atoms with van der Waals surface area (Å²) < 4.78 is 26.6. The van der Waals surface area contributed by atoms with Gasteiger partial charge in [0.2, 0.25) is 0 Å². The van der Waals surface area contributed by atoms with E-state index in [-0.39, 0.29) is 13.2 Å². The summed E-state index contributed by atoms with van der Waals surface area (Å²) in [5.41, 5.74) is 2.75. The Bertz CT molecular complexity index is 1070. The van der Waals surface area contributed by atoms with Crippen LogP contribution >= 0.6 is 7.60 Å². The molecule has 6 heteroatoms. The summed E-state index contributed by atoms with van der Waals surface area (Å²) in [7, 11) is -3.53. The third-order valence-electron chi connectivity index (χ3n) is 5.41. The Morgan fingerprint density at radius 2 is 1.16 bits per heavy atom. The van der Waals surface area contributed by atoms with E-state index in [0.29, 0.717) is 5.44 Å². The van der Waals surface area contributed by atoms with E-state index in [4.69, 9.17) is 9.05 Å². The van der Waals surface area contributed by atoms with Gasteiger partial charge < -0.3 is 13.6 Å². The maximum atomic E-state index is 13.4. The molecule has 0 saturated carbocycles. The largest absolute Gasteiger partial charge is 0.381 e. The van der Waals surface area contributed by atoms with Crippen LogP contribution in [0.15, 0.2) is 104 Å². The van der Waals surface area contributed by atoms with Gasteiger partial charge in [0, 0.05) is 6.20 Å². The van der Waals surface area contributed by atoms with E-state index in [9.17, 15) is 4.57 Å². The molecule has 0 N–H and O–H groups in total. The Kier molecular flexibility index (Phi) is 6.71. The van der Waals surface area contributed by atoms with Crippen molar-refractivity contribution >= 4 is 13.0 Å². The minimum Gasteiger partial charge on any atom is -0.318 e. The molecule has 5 nitrogen and oxygen atoms in total. The van der Waals surface area contributed by atoms with Crippen molar-refractivity contribution in [3.8, 4) is 0 Å². The number of imidazole rings is 1. The molecule has 0 aliphatic rings. The Morgan fingerprint density at radius 1 is 0.750 bits per heavy atom. The zero-order valence-electron chi connectivity index (χ0n) is 18.3. The molecule has 0 aliphatic heterocycles. The van der Waals surface area contributed by atoms with Gasteiger partial charge in [-0.05, 0) is 30.5 Å². The average molecular weight is 446 g/mol. The monoisotopic (exact) mass is 446 g/mol. The Hall–Kier alpha value is -2.98. The van der Waals surface area contributed by atoms with Crippen molar-refractivity contribution in [2.45, 2.75) is 19.4 Å². The molecule has 0 saturated heterocycles. The normalized spacial score (nSPS) is 12.1. The van der Waals surface area contributed by atoms with Crippen LogP contribution in [0, 0.1) is 0 Å². The molecule has 4 aromatic rings. The van der Waals surface area contributed by atoms with Crippen LogP contribution in [-0.2, 0) is 19.2 Å². The number of hydrogen-bond acceptors (Lipinski definition) is 4. The van der Waals surface area contributed by atoms with E-state index in [1.807, 2.05) is 59.2 Å². The summed E-state index contributed by atoms with van der Waals surface area (Å²) in [6.07, 6.45) is 3.51. The summed E-state index contributed by atoms with van der Waals surface area (Å²) in [6.45, 7) is 4.13. The number of nitrogens with zero attached hydrogens (tertiary/aromatic N) is 2. The molecule has 4 rings (SSSR count). The Balaban J connectivity index is 2.02. The molecule has 0 radical (unpaired) electrons. The Morgan fingerprint density at radius 3 is 1.53 bits per heavy atom. The van der Waals surface area contributed by atoms with Gasteiger partial charge in [-0.3, -0.25) is 4.57 Å². The fourth-order valence-electron chi connectivity index (χ4n) is 4.13. The van der Waals surface area contributed by atoms with Crippen LogP contribution in [0.4, 0.5) is 0 Å². The van der Waals surface area contributed by atoms with Crippen molar-refractivity contribution in [3.63, 3.8) is 0 Å². The lowest BCUT2D eigenvalue weighted by Gasteiger charge is -2.37. The summed E-state index contributed by atoms with van der Waals surface area (Å²) in [4.78, 5) is 4.52. The maximum absolute atomic E-state index is 13.4. The number of hydrogen-bond donors (Lipinski definition) is 0. The lowest BCUT2D eigenvalue weighted by atomic mass is 9.77. The van der Waals surface area contributed by atoms with Crippen LogP contribution in [0.1, 0.15) is 30.5 Å². The number of aromatic nitrogens is 2. The highest BCUT2D eigenvalue weighted by Gasteiger charge is 2.40. The highest BCUT2D eigenvalue weighted by Crippen LogP contribution is 2.47. The smallest absolute Gasteiger partial charge is 0.318 e. The molecule has 164 valence electrons. The molecule has 0 atom stereocenters. The van der Waals surface area contributed by atoms with Crippen molar-refractivity contribution in [3.05, 3.63) is 120 Å². The highest BCUT2D eigenvalue weighted by atomic mass is 31.2. The first-order chi connectivity index (χ1) is 15.6. The molecule has 0 unspecified atom stereocenters. The van der Waals surface area contributed by atoms with Crippen molar-refractivity contribution in [1.29, 1.82) is 0 Å². The summed E-state index contributed by atoms with van der Waals surface area (Å²) in [6, 6.07) is 30.8. The van der Waals surface area contributed by atoms with Gasteiger partial charge in [-0.1, -0.05) is 91.0 Å². The fraction of sp³-hybridized carbons (Fsp3) is 0.192. The Labute approximate surface area is 189 Å². The molecule has 1 heterocycles. The first-order valence-electron chi connectivity index (χ1n) is 10.8. The van der Waals surface area contributed by atoms with Crippen LogP contribution in [-0.4, -0.2) is 22.8 Å². The van der Waals surface area contributed by atoms with Gasteiger partial charge >= 0.3 is 7.60 Å². The van der Waals surface area contributed by atoms with Gasteiger partial charge in [0.15, 0.2) is 5.44 Å². The predicted molar refractivity (Wildman–Crippen MR) is 127 cm³/mol. The van der Waals surface area contributed by atoms with Crippen LogP contribution in [0.5, 0.6) is 0 Å². The SMILES string of the molecule is CCOP(=O)(OCC)c1cn(C(c2ccccc2)(c2ccccc2)c2ccccc2)cn1. The lowest BCUT2D eigenvalue weighted by molar-refractivity contribution is 0.229. The third kappa shape index (κ3) is 3.95. The molecule has 0 aliphatic carbocycles. The topological polar surface area (TPSA) is 53.4 Å². The molecule has 0 spiro atoms. The zero-order valence-corrected chi connectivity index (χ0v) is 19.2. The van der Waals surface area contributed by atoms with Crippen molar-refractivity contribution in [2.24, 2.45) is 0 Å². The summed E-state index contributed by atoms with van der Waals surface area (Å²) in [5, 5.41) is 0. The van der Waals surface area contributed by atoms with Gasteiger partial charge in [0.1, 0.15) is 5.54 Å². The van der Waals surface area contributed by atoms with Gasteiger partial charge in [0.25, 0.3) is 0 Å². The number of rotatable bonds is 9. The van der Waals surface area contributed by atoms with E-state index in [0.717, 1.165) is 16.7 Å². The highest BCUT2D eigenvalue weighted by molar-refractivity contribution is 7.61. The number of benzene rings is 3. The minimum absolute atomic E-state index is 0.269. The second-order valence-corrected chi connectivity index (χ2v) is 9.25. The van der Waals surface area contributed by atoms with Crippen LogP contribution in [0.3, 0.4) is 0 Å². The third-order valence-corrected chi connectivity index (χ3v) is 7.40. The van der Waals surface area contributed by atoms with E-state index >= 15 is 0 Å². The van der Waals surface area contributed by atoms with Crippen molar-refractivity contribution in [1.82, 2.24) is 9.55 Å². The predicted octanol–water partition coefficient (Wildman–Crippen LogP) is 5.61. The fourth-order valence-corrected chi connectivity index (χ4v) is 5.61. The first-order valence-corrected chi connectivity index (χ1v) is 12.3. The summed E-state index contributed by atoms with van der Waals surface area (Å²) >= 11 is 0. The van der Waals surface area contributed by atoms with Crippen molar-refractivity contribution < 1.29 is 13.6 Å². The quantitative estimate of drug-likeness (QED) is 0.248. The zero-order chi connectivity index (χ0) is 22.4. The van der Waals surface area contributed by atoms with Gasteiger partial charge in [-0.2, -0.15) is 0 Å². The molecule has 0 fully saturated rings. The van der Waals surface area contributed by atoms with Gasteiger partial charge in [-0.25, -0.2) is 4.98 Å². The van der Waals surface area contributed by atoms with Crippen LogP contribution in [0.25, 0.3) is 0 Å². The van der Waals surface area contributed by atoms with E-state index < -0.39 is 13.1 Å². The molecule has 0 amide bonds. The average Bonchev–Trinajstić information content (AvgIpc) is 3.34. The minimum atomic E-state index is -3.53. The first kappa shape index (κ1) is 22.2. The van der Waals surface area contributed by atoms with Gasteiger partial charge in [0.05, 0.1) is 19.5 Å². The van der Waals surface area contributed by atoms with Crippen molar-refractivity contribution in [2.75, 3.05) is 13.2 Å². The molecule has 1 aromatic heterocycles. The second-order valence-electron chi connectivity index (χ2n) is 7.28. The molecular weight excluding hydrogens is 419 g/mol. The second kappa shape index (κ2) is 9.66. The molecular formula is C26H27N2O3P. The maximum Gasteiger partial charge on any atom is 0.381 e. The van der Waals surface area contributed by atoms with Crippen LogP contribution < -0.4 is 5.44 Å². The van der Waals surface area contributed by atoms with Gasteiger partial charge in [-0.15, -0.1) is 0 Å². The standard InChI is InChI=1S/C26H27N2O3P/c1-3-30-32(29,31-4-2)25-20-28(21-27-25)26(22-14-8-5-9-15-22,23-16-10-6-11-17-23)24-18-12-7-13-19-24/h5-21H,3-4H2,1-2H3. The molecule has 32 heavy (non-hydrogen) atoms.